The molecule has 0 amide bonds. The highest BCUT2D eigenvalue weighted by Crippen LogP contribution is 2.23. The number of carbonyl (C=O) groups excluding carboxylic acids is 1. The summed E-state index contributed by atoms with van der Waals surface area (Å²) in [7, 11) is 1.37. The van der Waals surface area contributed by atoms with E-state index in [9.17, 15) is 4.79 Å². The third-order valence-electron chi connectivity index (χ3n) is 3.21. The summed E-state index contributed by atoms with van der Waals surface area (Å²) in [5.41, 5.74) is 4.09. The molecule has 0 fully saturated rings. The second kappa shape index (κ2) is 4.81. The van der Waals surface area contributed by atoms with Crippen LogP contribution in [0.15, 0.2) is 42.5 Å². The summed E-state index contributed by atoms with van der Waals surface area (Å²) in [6.45, 7) is 2.03. The molecule has 3 rings (SSSR count). The number of aromatic nitrogens is 2. The molecule has 1 aromatic heterocycles. The number of carbonyl (C=O) groups is 1. The molecule has 1 heterocycles. The van der Waals surface area contributed by atoms with Crippen molar-refractivity contribution in [2.24, 2.45) is 0 Å². The van der Waals surface area contributed by atoms with Crippen molar-refractivity contribution in [1.29, 1.82) is 0 Å². The molecule has 100 valence electrons. The van der Waals surface area contributed by atoms with E-state index in [1.165, 1.54) is 7.11 Å². The van der Waals surface area contributed by atoms with Gasteiger partial charge in [-0.25, -0.2) is 9.78 Å². The normalized spacial score (nSPS) is 10.7. The van der Waals surface area contributed by atoms with E-state index < -0.39 is 0 Å². The maximum absolute atomic E-state index is 11.8. The van der Waals surface area contributed by atoms with E-state index in [2.05, 4.69) is 16.0 Å². The maximum atomic E-state index is 11.8. The molecule has 0 spiro atoms. The molecule has 0 aliphatic rings. The number of nitrogens with one attached hydrogen (secondary N) is 1. The smallest absolute Gasteiger partial charge is 0.340 e. The van der Waals surface area contributed by atoms with Gasteiger partial charge in [-0.1, -0.05) is 29.8 Å². The average Bonchev–Trinajstić information content (AvgIpc) is 2.90. The molecule has 0 atom stereocenters. The standard InChI is InChI=1S/C16H14N2O2/c1-10-5-3-6-11(9-10)15-17-13-8-4-7-12(14(13)18-15)16(19)20-2/h3-9H,1-2H3,(H,17,18). The average molecular weight is 266 g/mol. The van der Waals surface area contributed by atoms with Crippen LogP contribution in [0.5, 0.6) is 0 Å². The number of fused-ring (bicyclic) bond motifs is 1. The number of benzene rings is 2. The third kappa shape index (κ3) is 2.05. The number of esters is 1. The summed E-state index contributed by atoms with van der Waals surface area (Å²) in [4.78, 5) is 19.5. The first-order valence-corrected chi connectivity index (χ1v) is 6.33. The van der Waals surface area contributed by atoms with Crippen molar-refractivity contribution in [3.8, 4) is 11.4 Å². The first-order valence-electron chi connectivity index (χ1n) is 6.33. The van der Waals surface area contributed by atoms with Crippen LogP contribution >= 0.6 is 0 Å². The van der Waals surface area contributed by atoms with Gasteiger partial charge in [-0.3, -0.25) is 0 Å². The summed E-state index contributed by atoms with van der Waals surface area (Å²) in [6, 6.07) is 13.5. The Morgan fingerprint density at radius 2 is 2.00 bits per heavy atom. The molecular weight excluding hydrogens is 252 g/mol. The van der Waals surface area contributed by atoms with Gasteiger partial charge in [0.1, 0.15) is 11.3 Å². The van der Waals surface area contributed by atoms with Crippen molar-refractivity contribution in [2.45, 2.75) is 6.92 Å². The first-order chi connectivity index (χ1) is 9.69. The Kier molecular flexibility index (Phi) is 2.99. The highest BCUT2D eigenvalue weighted by molar-refractivity contribution is 6.02. The molecule has 0 radical (unpaired) electrons. The molecule has 0 aliphatic heterocycles. The lowest BCUT2D eigenvalue weighted by Crippen LogP contribution is -2.01. The number of imidazole rings is 1. The number of ether oxygens (including phenoxy) is 1. The monoisotopic (exact) mass is 266 g/mol. The predicted molar refractivity (Wildman–Crippen MR) is 77.6 cm³/mol. The SMILES string of the molecule is COC(=O)c1cccc2[nH]c(-c3cccc(C)c3)nc12. The number of hydrogen-bond donors (Lipinski definition) is 1. The van der Waals surface area contributed by atoms with Gasteiger partial charge in [0.05, 0.1) is 18.2 Å². The van der Waals surface area contributed by atoms with Gasteiger partial charge in [-0.2, -0.15) is 0 Å². The van der Waals surface area contributed by atoms with E-state index >= 15 is 0 Å². The summed E-state index contributed by atoms with van der Waals surface area (Å²) < 4.78 is 4.79. The Labute approximate surface area is 116 Å². The zero-order chi connectivity index (χ0) is 14.1. The minimum atomic E-state index is -0.377. The zero-order valence-electron chi connectivity index (χ0n) is 11.3. The Hall–Kier alpha value is -2.62. The molecule has 20 heavy (non-hydrogen) atoms. The van der Waals surface area contributed by atoms with Crippen molar-refractivity contribution in [2.75, 3.05) is 7.11 Å². The number of aromatic amines is 1. The predicted octanol–water partition coefficient (Wildman–Crippen LogP) is 3.32. The van der Waals surface area contributed by atoms with Gasteiger partial charge < -0.3 is 9.72 Å². The van der Waals surface area contributed by atoms with E-state index in [1.807, 2.05) is 37.3 Å². The molecule has 0 unspecified atom stereocenters. The fraction of sp³-hybridized carbons (Fsp3) is 0.125. The molecule has 3 aromatic rings. The molecule has 0 saturated carbocycles. The van der Waals surface area contributed by atoms with Crippen LogP contribution in [0.4, 0.5) is 0 Å². The zero-order valence-corrected chi connectivity index (χ0v) is 11.3. The Balaban J connectivity index is 2.18. The van der Waals surface area contributed by atoms with Gasteiger partial charge in [-0.15, -0.1) is 0 Å². The van der Waals surface area contributed by atoms with Gasteiger partial charge in [-0.05, 0) is 25.1 Å². The Bertz CT molecular complexity index is 790. The summed E-state index contributed by atoms with van der Waals surface area (Å²) in [6.07, 6.45) is 0. The number of H-pyrrole nitrogens is 1. The Morgan fingerprint density at radius 1 is 1.20 bits per heavy atom. The van der Waals surface area contributed by atoms with Crippen LogP contribution in [0.1, 0.15) is 15.9 Å². The lowest BCUT2D eigenvalue weighted by atomic mass is 10.1. The first kappa shape index (κ1) is 12.4. The van der Waals surface area contributed by atoms with Crippen molar-refractivity contribution in [3.05, 3.63) is 53.6 Å². The Morgan fingerprint density at radius 3 is 2.75 bits per heavy atom. The van der Waals surface area contributed by atoms with Gasteiger partial charge in [0.2, 0.25) is 0 Å². The van der Waals surface area contributed by atoms with E-state index in [-0.39, 0.29) is 5.97 Å². The van der Waals surface area contributed by atoms with Crippen LogP contribution in [0.3, 0.4) is 0 Å². The van der Waals surface area contributed by atoms with Crippen LogP contribution in [-0.2, 0) is 4.74 Å². The number of nitrogens with zero attached hydrogens (tertiary/aromatic N) is 1. The van der Waals surface area contributed by atoms with Crippen LogP contribution in [0, 0.1) is 6.92 Å². The van der Waals surface area contributed by atoms with Crippen molar-refractivity contribution >= 4 is 17.0 Å². The van der Waals surface area contributed by atoms with E-state index in [4.69, 9.17) is 4.74 Å². The number of methoxy groups -OCH3 is 1. The van der Waals surface area contributed by atoms with Crippen LogP contribution in [0.2, 0.25) is 0 Å². The van der Waals surface area contributed by atoms with Crippen LogP contribution in [-0.4, -0.2) is 23.0 Å². The number of para-hydroxylation sites is 1. The van der Waals surface area contributed by atoms with Gasteiger partial charge in [0, 0.05) is 5.56 Å². The van der Waals surface area contributed by atoms with Crippen molar-refractivity contribution in [3.63, 3.8) is 0 Å². The highest BCUT2D eigenvalue weighted by atomic mass is 16.5. The second-order valence-electron chi connectivity index (χ2n) is 4.65. The van der Waals surface area contributed by atoms with E-state index in [0.717, 1.165) is 22.5 Å². The molecule has 4 nitrogen and oxygen atoms in total. The summed E-state index contributed by atoms with van der Waals surface area (Å²) in [5.74, 6) is 0.373. The third-order valence-corrected chi connectivity index (χ3v) is 3.21. The van der Waals surface area contributed by atoms with Gasteiger partial charge >= 0.3 is 5.97 Å². The fourth-order valence-corrected chi connectivity index (χ4v) is 2.24. The van der Waals surface area contributed by atoms with Crippen molar-refractivity contribution in [1.82, 2.24) is 9.97 Å². The number of rotatable bonds is 2. The van der Waals surface area contributed by atoms with Crippen LogP contribution in [0.25, 0.3) is 22.4 Å². The molecule has 0 saturated heterocycles. The van der Waals surface area contributed by atoms with Gasteiger partial charge in [0.25, 0.3) is 0 Å². The minimum Gasteiger partial charge on any atom is -0.465 e. The molecule has 4 heteroatoms. The molecular formula is C16H14N2O2. The molecule has 2 aromatic carbocycles. The lowest BCUT2D eigenvalue weighted by molar-refractivity contribution is 0.0603. The summed E-state index contributed by atoms with van der Waals surface area (Å²) >= 11 is 0. The molecule has 1 N–H and O–H groups in total. The highest BCUT2D eigenvalue weighted by Gasteiger charge is 2.14. The van der Waals surface area contributed by atoms with E-state index in [1.54, 1.807) is 6.07 Å². The largest absolute Gasteiger partial charge is 0.465 e. The number of aryl methyl sites for hydroxylation is 1. The molecule has 0 bridgehead atoms. The quantitative estimate of drug-likeness (QED) is 0.724. The maximum Gasteiger partial charge on any atom is 0.340 e. The number of hydrogen-bond acceptors (Lipinski definition) is 3. The fourth-order valence-electron chi connectivity index (χ4n) is 2.24. The van der Waals surface area contributed by atoms with Crippen molar-refractivity contribution < 1.29 is 9.53 Å². The summed E-state index contributed by atoms with van der Waals surface area (Å²) in [5, 5.41) is 0. The second-order valence-corrected chi connectivity index (χ2v) is 4.65. The topological polar surface area (TPSA) is 55.0 Å². The van der Waals surface area contributed by atoms with E-state index in [0.29, 0.717) is 11.1 Å². The van der Waals surface area contributed by atoms with Gasteiger partial charge in [0.15, 0.2) is 0 Å². The lowest BCUT2D eigenvalue weighted by Gasteiger charge is -1.98. The minimum absolute atomic E-state index is 0.377. The molecule has 0 aliphatic carbocycles. The van der Waals surface area contributed by atoms with Crippen LogP contribution < -0.4 is 0 Å².